The largest absolute Gasteiger partial charge is 0.344 e. The van der Waals surface area contributed by atoms with E-state index in [9.17, 15) is 4.79 Å². The summed E-state index contributed by atoms with van der Waals surface area (Å²) in [5.41, 5.74) is 0.995. The van der Waals surface area contributed by atoms with Crippen molar-refractivity contribution in [2.24, 2.45) is 0 Å². The summed E-state index contributed by atoms with van der Waals surface area (Å²) in [6.07, 6.45) is 8.72. The number of halogens is 1. The zero-order valence-electron chi connectivity index (χ0n) is 11.4. The van der Waals surface area contributed by atoms with E-state index in [2.05, 4.69) is 32.2 Å². The second-order valence-corrected chi connectivity index (χ2v) is 6.46. The Kier molecular flexibility index (Phi) is 5.48. The van der Waals surface area contributed by atoms with Gasteiger partial charge in [-0.05, 0) is 31.2 Å². The molecular weight excluding hydrogens is 350 g/mol. The van der Waals surface area contributed by atoms with Crippen molar-refractivity contribution in [2.75, 3.05) is 6.54 Å². The highest BCUT2D eigenvalue weighted by atomic mass is 79.9. The summed E-state index contributed by atoms with van der Waals surface area (Å²) < 4.78 is 2.96. The minimum absolute atomic E-state index is 0.0942. The number of hydrogen-bond acceptors (Lipinski definition) is 3. The third-order valence-electron chi connectivity index (χ3n) is 2.73. The van der Waals surface area contributed by atoms with Gasteiger partial charge in [0.15, 0.2) is 5.16 Å². The molecule has 2 rings (SSSR count). The number of benzene rings is 1. The van der Waals surface area contributed by atoms with Crippen molar-refractivity contribution in [2.45, 2.75) is 17.3 Å². The topological polar surface area (TPSA) is 46.9 Å². The number of amides is 1. The van der Waals surface area contributed by atoms with Crippen LogP contribution in [0.3, 0.4) is 0 Å². The highest BCUT2D eigenvalue weighted by Gasteiger charge is 2.17. The number of rotatable bonds is 5. The van der Waals surface area contributed by atoms with Gasteiger partial charge in [0.25, 0.3) is 0 Å². The molecule has 1 N–H and O–H groups in total. The van der Waals surface area contributed by atoms with Crippen molar-refractivity contribution in [3.8, 4) is 18.0 Å². The Morgan fingerprint density at radius 1 is 1.52 bits per heavy atom. The Morgan fingerprint density at radius 3 is 2.90 bits per heavy atom. The third-order valence-corrected chi connectivity index (χ3v) is 4.34. The molecule has 0 radical (unpaired) electrons. The van der Waals surface area contributed by atoms with Gasteiger partial charge in [0.1, 0.15) is 0 Å². The van der Waals surface area contributed by atoms with Crippen LogP contribution in [0.15, 0.2) is 46.3 Å². The lowest BCUT2D eigenvalue weighted by Crippen LogP contribution is -2.31. The molecule has 1 amide bonds. The Labute approximate surface area is 136 Å². The SMILES string of the molecule is C#CCNC(=O)C(C)Sc1nccn1-c1ccc(Br)cc1. The zero-order chi connectivity index (χ0) is 15.2. The lowest BCUT2D eigenvalue weighted by atomic mass is 10.3. The maximum atomic E-state index is 11.8. The fourth-order valence-corrected chi connectivity index (χ4v) is 2.84. The zero-order valence-corrected chi connectivity index (χ0v) is 13.8. The highest BCUT2D eigenvalue weighted by Crippen LogP contribution is 2.25. The quantitative estimate of drug-likeness (QED) is 0.656. The Hall–Kier alpha value is -1.71. The summed E-state index contributed by atoms with van der Waals surface area (Å²) in [4.78, 5) is 16.2. The van der Waals surface area contributed by atoms with Crippen LogP contribution in [0.1, 0.15) is 6.92 Å². The predicted molar refractivity (Wildman–Crippen MR) is 88.4 cm³/mol. The lowest BCUT2D eigenvalue weighted by molar-refractivity contribution is -0.120. The van der Waals surface area contributed by atoms with Crippen molar-refractivity contribution in [1.82, 2.24) is 14.9 Å². The summed E-state index contributed by atoms with van der Waals surface area (Å²) in [5, 5.41) is 3.17. The van der Waals surface area contributed by atoms with Crippen LogP contribution in [0.4, 0.5) is 0 Å². The molecule has 1 heterocycles. The van der Waals surface area contributed by atoms with Gasteiger partial charge in [-0.25, -0.2) is 4.98 Å². The minimum atomic E-state index is -0.269. The van der Waals surface area contributed by atoms with E-state index < -0.39 is 0 Å². The number of terminal acetylenes is 1. The molecule has 0 aliphatic rings. The lowest BCUT2D eigenvalue weighted by Gasteiger charge is -2.12. The van der Waals surface area contributed by atoms with Gasteiger partial charge in [0, 0.05) is 22.6 Å². The molecule has 4 nitrogen and oxygen atoms in total. The molecular formula is C15H14BrN3OS. The predicted octanol–water partition coefficient (Wildman–Crippen LogP) is 2.86. The normalized spacial score (nSPS) is 11.7. The molecule has 1 aromatic heterocycles. The number of carbonyl (C=O) groups excluding carboxylic acids is 1. The van der Waals surface area contributed by atoms with E-state index in [0.29, 0.717) is 0 Å². The molecule has 0 saturated heterocycles. The first-order valence-electron chi connectivity index (χ1n) is 6.29. The molecule has 0 bridgehead atoms. The van der Waals surface area contributed by atoms with Crippen molar-refractivity contribution in [1.29, 1.82) is 0 Å². The van der Waals surface area contributed by atoms with E-state index in [0.717, 1.165) is 15.3 Å². The molecule has 21 heavy (non-hydrogen) atoms. The van der Waals surface area contributed by atoms with E-state index >= 15 is 0 Å². The second-order valence-electron chi connectivity index (χ2n) is 4.24. The number of hydrogen-bond donors (Lipinski definition) is 1. The molecule has 2 aromatic rings. The Bertz CT molecular complexity index is 660. The fourth-order valence-electron chi connectivity index (χ4n) is 1.67. The molecule has 0 spiro atoms. The van der Waals surface area contributed by atoms with Gasteiger partial charge in [-0.2, -0.15) is 0 Å². The average molecular weight is 364 g/mol. The van der Waals surface area contributed by atoms with Crippen molar-refractivity contribution < 1.29 is 4.79 Å². The first-order valence-corrected chi connectivity index (χ1v) is 7.96. The summed E-state index contributed by atoms with van der Waals surface area (Å²) in [6.45, 7) is 2.07. The monoisotopic (exact) mass is 363 g/mol. The van der Waals surface area contributed by atoms with Crippen molar-refractivity contribution in [3.63, 3.8) is 0 Å². The Balaban J connectivity index is 2.12. The minimum Gasteiger partial charge on any atom is -0.344 e. The Morgan fingerprint density at radius 2 is 2.24 bits per heavy atom. The van der Waals surface area contributed by atoms with E-state index in [-0.39, 0.29) is 17.7 Å². The first-order chi connectivity index (χ1) is 10.1. The highest BCUT2D eigenvalue weighted by molar-refractivity contribution is 9.10. The van der Waals surface area contributed by atoms with Gasteiger partial charge in [0.2, 0.25) is 5.91 Å². The van der Waals surface area contributed by atoms with Crippen LogP contribution in [-0.4, -0.2) is 27.3 Å². The molecule has 6 heteroatoms. The third kappa shape index (κ3) is 4.13. The average Bonchev–Trinajstić information content (AvgIpc) is 2.93. The summed E-state index contributed by atoms with van der Waals surface area (Å²) in [7, 11) is 0. The first kappa shape index (κ1) is 15.7. The summed E-state index contributed by atoms with van der Waals surface area (Å²) in [6, 6.07) is 7.90. The molecule has 1 unspecified atom stereocenters. The van der Waals surface area contributed by atoms with E-state index in [1.807, 2.05) is 42.0 Å². The molecule has 108 valence electrons. The molecule has 0 saturated carbocycles. The van der Waals surface area contributed by atoms with Crippen LogP contribution in [0.25, 0.3) is 5.69 Å². The van der Waals surface area contributed by atoms with Crippen LogP contribution in [0, 0.1) is 12.3 Å². The van der Waals surface area contributed by atoms with E-state index in [1.54, 1.807) is 6.20 Å². The maximum Gasteiger partial charge on any atom is 0.234 e. The molecule has 0 aliphatic carbocycles. The maximum absolute atomic E-state index is 11.8. The van der Waals surface area contributed by atoms with Crippen LogP contribution < -0.4 is 5.32 Å². The standard InChI is InChI=1S/C15H14BrN3OS/c1-3-8-17-14(20)11(2)21-15-18-9-10-19(15)13-6-4-12(16)5-7-13/h1,4-7,9-11H,8H2,2H3,(H,17,20). The van der Waals surface area contributed by atoms with Crippen molar-refractivity contribution >= 4 is 33.6 Å². The summed E-state index contributed by atoms with van der Waals surface area (Å²) in [5.74, 6) is 2.29. The van der Waals surface area contributed by atoms with E-state index in [1.165, 1.54) is 11.8 Å². The van der Waals surface area contributed by atoms with Gasteiger partial charge in [0.05, 0.1) is 11.8 Å². The van der Waals surface area contributed by atoms with Crippen LogP contribution in [-0.2, 0) is 4.79 Å². The van der Waals surface area contributed by atoms with E-state index in [4.69, 9.17) is 6.42 Å². The van der Waals surface area contributed by atoms with Crippen LogP contribution >= 0.6 is 27.7 Å². The van der Waals surface area contributed by atoms with Gasteiger partial charge in [-0.3, -0.25) is 9.36 Å². The molecule has 0 fully saturated rings. The molecule has 0 aliphatic heterocycles. The number of thioether (sulfide) groups is 1. The smallest absolute Gasteiger partial charge is 0.234 e. The second kappa shape index (κ2) is 7.34. The number of carbonyl (C=O) groups is 1. The number of nitrogens with one attached hydrogen (secondary N) is 1. The van der Waals surface area contributed by atoms with Gasteiger partial charge < -0.3 is 5.32 Å². The fraction of sp³-hybridized carbons (Fsp3) is 0.200. The number of aromatic nitrogens is 2. The molecule has 1 atom stereocenters. The van der Waals surface area contributed by atoms with Gasteiger partial charge in [-0.1, -0.05) is 33.6 Å². The number of imidazole rings is 1. The van der Waals surface area contributed by atoms with Crippen LogP contribution in [0.2, 0.25) is 0 Å². The summed E-state index contributed by atoms with van der Waals surface area (Å²) >= 11 is 4.81. The van der Waals surface area contributed by atoms with Gasteiger partial charge in [-0.15, -0.1) is 6.42 Å². The van der Waals surface area contributed by atoms with Crippen molar-refractivity contribution in [3.05, 3.63) is 41.1 Å². The van der Waals surface area contributed by atoms with Gasteiger partial charge >= 0.3 is 0 Å². The molecule has 1 aromatic carbocycles. The van der Waals surface area contributed by atoms with Crippen LogP contribution in [0.5, 0.6) is 0 Å². The number of nitrogens with zero attached hydrogens (tertiary/aromatic N) is 2.